The molecule has 0 atom stereocenters. The third-order valence-corrected chi connectivity index (χ3v) is 6.52. The van der Waals surface area contributed by atoms with Crippen LogP contribution in [0.5, 0.6) is 0 Å². The molecule has 0 radical (unpaired) electrons. The maximum absolute atomic E-state index is 12.4. The van der Waals surface area contributed by atoms with Crippen molar-refractivity contribution in [2.75, 3.05) is 18.8 Å². The summed E-state index contributed by atoms with van der Waals surface area (Å²) in [7, 11) is -0.409. The van der Waals surface area contributed by atoms with Crippen LogP contribution in [0.2, 0.25) is 5.02 Å². The van der Waals surface area contributed by atoms with Gasteiger partial charge in [-0.1, -0.05) is 18.5 Å². The van der Waals surface area contributed by atoms with Gasteiger partial charge in [0.15, 0.2) is 0 Å². The lowest BCUT2D eigenvalue weighted by Gasteiger charge is -2.13. The molecule has 0 aliphatic heterocycles. The molecule has 1 N–H and O–H groups in total. The Kier molecular flexibility index (Phi) is 5.33. The number of nitrogens with zero attached hydrogens (tertiary/aromatic N) is 1. The number of rotatable bonds is 5. The molecular weight excluding hydrogens is 356 g/mol. The van der Waals surface area contributed by atoms with Gasteiger partial charge in [-0.15, -0.1) is 11.3 Å². The zero-order valence-electron chi connectivity index (χ0n) is 13.0. The van der Waals surface area contributed by atoms with E-state index in [4.69, 9.17) is 11.6 Å². The van der Waals surface area contributed by atoms with Crippen LogP contribution in [0.15, 0.2) is 34.5 Å². The van der Waals surface area contributed by atoms with Gasteiger partial charge in [-0.05, 0) is 36.8 Å². The number of hydrogen-bond acceptors (Lipinski definition) is 4. The number of amides is 1. The fourth-order valence-electron chi connectivity index (χ4n) is 1.89. The SMILES string of the molecule is CCc1ccc(S(=O)(=O)Nc2ccc(C(=O)N(C)C)c(Cl)c2)s1. The van der Waals surface area contributed by atoms with Crippen LogP contribution in [0.4, 0.5) is 5.69 Å². The lowest BCUT2D eigenvalue weighted by Crippen LogP contribution is -2.22. The van der Waals surface area contributed by atoms with E-state index in [9.17, 15) is 13.2 Å². The van der Waals surface area contributed by atoms with Gasteiger partial charge in [0, 0.05) is 19.0 Å². The molecule has 2 rings (SSSR count). The number of benzene rings is 1. The largest absolute Gasteiger partial charge is 0.345 e. The smallest absolute Gasteiger partial charge is 0.271 e. The molecule has 1 amide bonds. The number of hydrogen-bond donors (Lipinski definition) is 1. The molecule has 2 aromatic rings. The number of nitrogens with one attached hydrogen (secondary N) is 1. The van der Waals surface area contributed by atoms with E-state index in [1.165, 1.54) is 34.4 Å². The van der Waals surface area contributed by atoms with Crippen LogP contribution in [0, 0.1) is 0 Å². The zero-order valence-corrected chi connectivity index (χ0v) is 15.3. The molecule has 124 valence electrons. The molecule has 23 heavy (non-hydrogen) atoms. The molecule has 0 saturated heterocycles. The van der Waals surface area contributed by atoms with Gasteiger partial charge in [-0.3, -0.25) is 9.52 Å². The summed E-state index contributed by atoms with van der Waals surface area (Å²) >= 11 is 7.32. The second-order valence-electron chi connectivity index (χ2n) is 5.07. The third-order valence-electron chi connectivity index (χ3n) is 3.11. The number of aryl methyl sites for hydroxylation is 1. The van der Waals surface area contributed by atoms with Gasteiger partial charge in [0.25, 0.3) is 15.9 Å². The van der Waals surface area contributed by atoms with Gasteiger partial charge in [-0.2, -0.15) is 0 Å². The standard InChI is InChI=1S/C15H17ClN2O3S2/c1-4-11-6-8-14(22-11)23(20,21)17-10-5-7-12(13(16)9-10)15(19)18(2)3/h5-9,17H,4H2,1-3H3. The highest BCUT2D eigenvalue weighted by molar-refractivity contribution is 7.94. The minimum absolute atomic E-state index is 0.198. The quantitative estimate of drug-likeness (QED) is 0.873. The maximum atomic E-state index is 12.4. The molecule has 0 spiro atoms. The highest BCUT2D eigenvalue weighted by Gasteiger charge is 2.18. The highest BCUT2D eigenvalue weighted by Crippen LogP contribution is 2.27. The van der Waals surface area contributed by atoms with E-state index in [2.05, 4.69) is 4.72 Å². The molecule has 8 heteroatoms. The minimum Gasteiger partial charge on any atom is -0.345 e. The molecule has 1 aromatic heterocycles. The topological polar surface area (TPSA) is 66.5 Å². The first kappa shape index (κ1) is 17.8. The van der Waals surface area contributed by atoms with E-state index in [0.717, 1.165) is 11.3 Å². The van der Waals surface area contributed by atoms with Crippen molar-refractivity contribution < 1.29 is 13.2 Å². The molecular formula is C15H17ClN2O3S2. The Morgan fingerprint density at radius 3 is 2.48 bits per heavy atom. The van der Waals surface area contributed by atoms with Crippen LogP contribution < -0.4 is 4.72 Å². The van der Waals surface area contributed by atoms with Gasteiger partial charge in [-0.25, -0.2) is 8.42 Å². The Labute approximate surface area is 144 Å². The summed E-state index contributed by atoms with van der Waals surface area (Å²) in [5, 5.41) is 0.198. The van der Waals surface area contributed by atoms with Crippen molar-refractivity contribution in [2.24, 2.45) is 0 Å². The number of halogens is 1. The monoisotopic (exact) mass is 372 g/mol. The minimum atomic E-state index is -3.65. The average molecular weight is 373 g/mol. The predicted octanol–water partition coefficient (Wildman–Crippen LogP) is 3.47. The number of carbonyl (C=O) groups is 1. The Hall–Kier alpha value is -1.57. The summed E-state index contributed by atoms with van der Waals surface area (Å²) in [5.74, 6) is -0.241. The Morgan fingerprint density at radius 1 is 1.26 bits per heavy atom. The number of carbonyl (C=O) groups excluding carboxylic acids is 1. The van der Waals surface area contributed by atoms with Crippen molar-refractivity contribution in [1.29, 1.82) is 0 Å². The van der Waals surface area contributed by atoms with Crippen molar-refractivity contribution >= 4 is 44.6 Å². The summed E-state index contributed by atoms with van der Waals surface area (Å²) in [4.78, 5) is 14.3. The number of sulfonamides is 1. The summed E-state index contributed by atoms with van der Waals surface area (Å²) in [6.45, 7) is 1.97. The molecule has 1 heterocycles. The first-order chi connectivity index (χ1) is 10.7. The van der Waals surface area contributed by atoms with Crippen molar-refractivity contribution in [2.45, 2.75) is 17.6 Å². The van der Waals surface area contributed by atoms with Crippen molar-refractivity contribution in [3.8, 4) is 0 Å². The molecule has 0 aliphatic carbocycles. The first-order valence-electron chi connectivity index (χ1n) is 6.87. The van der Waals surface area contributed by atoms with Gasteiger partial charge in [0.05, 0.1) is 16.3 Å². The summed E-state index contributed by atoms with van der Waals surface area (Å²) in [6.07, 6.45) is 0.785. The van der Waals surface area contributed by atoms with Crippen LogP contribution in [-0.2, 0) is 16.4 Å². The van der Waals surface area contributed by atoms with E-state index in [-0.39, 0.29) is 15.1 Å². The Bertz CT molecular complexity index is 829. The van der Waals surface area contributed by atoms with E-state index >= 15 is 0 Å². The Balaban J connectivity index is 2.26. The fourth-order valence-corrected chi connectivity index (χ4v) is 4.50. The van der Waals surface area contributed by atoms with Gasteiger partial charge in [0.1, 0.15) is 4.21 Å². The summed E-state index contributed by atoms with van der Waals surface area (Å²) in [6, 6.07) is 7.84. The van der Waals surface area contributed by atoms with Crippen molar-refractivity contribution in [3.05, 3.63) is 45.8 Å². The summed E-state index contributed by atoms with van der Waals surface area (Å²) in [5.41, 5.74) is 0.640. The maximum Gasteiger partial charge on any atom is 0.271 e. The van der Waals surface area contributed by atoms with Crippen LogP contribution >= 0.6 is 22.9 Å². The van der Waals surface area contributed by atoms with Gasteiger partial charge < -0.3 is 4.90 Å². The molecule has 0 fully saturated rings. The van der Waals surface area contributed by atoms with E-state index < -0.39 is 10.0 Å². The fraction of sp³-hybridized carbons (Fsp3) is 0.267. The summed E-state index contributed by atoms with van der Waals surface area (Å²) < 4.78 is 27.4. The van der Waals surface area contributed by atoms with E-state index in [0.29, 0.717) is 11.3 Å². The highest BCUT2D eigenvalue weighted by atomic mass is 35.5. The van der Waals surface area contributed by atoms with E-state index in [1.54, 1.807) is 26.2 Å². The average Bonchev–Trinajstić information content (AvgIpc) is 2.96. The first-order valence-corrected chi connectivity index (χ1v) is 9.55. The molecule has 0 bridgehead atoms. The predicted molar refractivity (Wildman–Crippen MR) is 94.0 cm³/mol. The van der Waals surface area contributed by atoms with Crippen molar-refractivity contribution in [1.82, 2.24) is 4.90 Å². The van der Waals surface area contributed by atoms with Crippen LogP contribution in [0.1, 0.15) is 22.2 Å². The van der Waals surface area contributed by atoms with Gasteiger partial charge >= 0.3 is 0 Å². The normalized spacial score (nSPS) is 11.3. The number of anilines is 1. The molecule has 0 unspecified atom stereocenters. The lowest BCUT2D eigenvalue weighted by atomic mass is 10.2. The van der Waals surface area contributed by atoms with Gasteiger partial charge in [0.2, 0.25) is 0 Å². The molecule has 5 nitrogen and oxygen atoms in total. The third kappa shape index (κ3) is 4.04. The van der Waals surface area contributed by atoms with Crippen molar-refractivity contribution in [3.63, 3.8) is 0 Å². The number of thiophene rings is 1. The second kappa shape index (κ2) is 6.90. The van der Waals surface area contributed by atoms with Crippen LogP contribution in [-0.4, -0.2) is 33.3 Å². The van der Waals surface area contributed by atoms with Crippen LogP contribution in [0.25, 0.3) is 0 Å². The zero-order chi connectivity index (χ0) is 17.2. The van der Waals surface area contributed by atoms with E-state index in [1.807, 2.05) is 6.92 Å². The Morgan fingerprint density at radius 2 is 1.96 bits per heavy atom. The second-order valence-corrected chi connectivity index (χ2v) is 8.56. The molecule has 0 aliphatic rings. The molecule has 0 saturated carbocycles. The lowest BCUT2D eigenvalue weighted by molar-refractivity contribution is 0.0828. The van der Waals surface area contributed by atoms with Crippen LogP contribution in [0.3, 0.4) is 0 Å². The molecule has 1 aromatic carbocycles.